The summed E-state index contributed by atoms with van der Waals surface area (Å²) in [7, 11) is -0.996. The van der Waals surface area contributed by atoms with Crippen LogP contribution in [0.1, 0.15) is 45.4 Å². The molecular weight excluding hydrogens is 215 g/mol. The van der Waals surface area contributed by atoms with Crippen LogP contribution in [0, 0.1) is 0 Å². The largest absolute Gasteiger partial charge is 0.396 e. The SMILES string of the molecule is CCCCCCCC(=O)P(=O)(OC)OC. The smallest absolute Gasteiger partial charge is 0.307 e. The van der Waals surface area contributed by atoms with Crippen molar-refractivity contribution < 1.29 is 18.4 Å². The fraction of sp³-hybridized carbons (Fsp3) is 0.900. The van der Waals surface area contributed by atoms with Gasteiger partial charge in [-0.05, 0) is 6.42 Å². The summed E-state index contributed by atoms with van der Waals surface area (Å²) in [5, 5.41) is 0. The third-order valence-electron chi connectivity index (χ3n) is 2.28. The second-order valence-electron chi connectivity index (χ2n) is 3.42. The number of hydrogen-bond donors (Lipinski definition) is 0. The zero-order valence-corrected chi connectivity index (χ0v) is 10.7. The molecule has 0 aliphatic heterocycles. The molecule has 0 heterocycles. The van der Waals surface area contributed by atoms with Crippen molar-refractivity contribution in [2.75, 3.05) is 14.2 Å². The Kier molecular flexibility index (Phi) is 7.93. The molecule has 0 aromatic rings. The molecule has 0 bridgehead atoms. The molecule has 0 aliphatic carbocycles. The predicted molar refractivity (Wildman–Crippen MR) is 60.0 cm³/mol. The Hall–Kier alpha value is -0.180. The Morgan fingerprint density at radius 1 is 1.07 bits per heavy atom. The van der Waals surface area contributed by atoms with Crippen LogP contribution in [0.5, 0.6) is 0 Å². The van der Waals surface area contributed by atoms with Crippen LogP contribution in [0.2, 0.25) is 0 Å². The predicted octanol–water partition coefficient (Wildman–Crippen LogP) is 3.36. The molecule has 0 saturated carbocycles. The van der Waals surface area contributed by atoms with E-state index in [0.29, 0.717) is 0 Å². The van der Waals surface area contributed by atoms with E-state index >= 15 is 0 Å². The summed E-state index contributed by atoms with van der Waals surface area (Å²) in [4.78, 5) is 11.4. The lowest BCUT2D eigenvalue weighted by Crippen LogP contribution is -2.03. The maximum Gasteiger partial charge on any atom is 0.396 e. The summed E-state index contributed by atoms with van der Waals surface area (Å²) >= 11 is 0. The number of carbonyl (C=O) groups is 1. The maximum absolute atomic E-state index is 11.6. The van der Waals surface area contributed by atoms with Crippen LogP contribution >= 0.6 is 7.60 Å². The number of carbonyl (C=O) groups excluding carboxylic acids is 1. The third kappa shape index (κ3) is 5.45. The van der Waals surface area contributed by atoms with Crippen LogP contribution in [-0.4, -0.2) is 19.7 Å². The van der Waals surface area contributed by atoms with Gasteiger partial charge < -0.3 is 9.05 Å². The first kappa shape index (κ1) is 14.8. The molecule has 0 amide bonds. The summed E-state index contributed by atoms with van der Waals surface area (Å²) in [6.45, 7) is 2.13. The van der Waals surface area contributed by atoms with Crippen LogP contribution < -0.4 is 0 Å². The van der Waals surface area contributed by atoms with Crippen LogP contribution in [0.15, 0.2) is 0 Å². The molecule has 0 unspecified atom stereocenters. The minimum atomic E-state index is -3.47. The van der Waals surface area contributed by atoms with Gasteiger partial charge in [0.2, 0.25) is 5.52 Å². The van der Waals surface area contributed by atoms with Crippen molar-refractivity contribution in [3.63, 3.8) is 0 Å². The third-order valence-corrected chi connectivity index (χ3v) is 4.08. The minimum absolute atomic E-state index is 0.280. The molecule has 4 nitrogen and oxygen atoms in total. The highest BCUT2D eigenvalue weighted by Gasteiger charge is 2.30. The molecule has 0 atom stereocenters. The second kappa shape index (κ2) is 8.03. The molecule has 0 fully saturated rings. The van der Waals surface area contributed by atoms with Crippen molar-refractivity contribution in [1.82, 2.24) is 0 Å². The van der Waals surface area contributed by atoms with Gasteiger partial charge in [-0.25, -0.2) is 0 Å². The molecule has 0 saturated heterocycles. The first-order valence-corrected chi connectivity index (χ1v) is 6.90. The highest BCUT2D eigenvalue weighted by molar-refractivity contribution is 7.71. The highest BCUT2D eigenvalue weighted by atomic mass is 31.2. The molecule has 5 heteroatoms. The van der Waals surface area contributed by atoms with Crippen molar-refractivity contribution in [3.8, 4) is 0 Å². The van der Waals surface area contributed by atoms with Crippen LogP contribution in [0.4, 0.5) is 0 Å². The van der Waals surface area contributed by atoms with Gasteiger partial charge in [-0.2, -0.15) is 0 Å². The van der Waals surface area contributed by atoms with Gasteiger partial charge in [0.1, 0.15) is 0 Å². The summed E-state index contributed by atoms with van der Waals surface area (Å²) in [5.74, 6) is 0. The molecule has 0 aliphatic rings. The van der Waals surface area contributed by atoms with E-state index in [1.165, 1.54) is 27.1 Å². The van der Waals surface area contributed by atoms with Gasteiger partial charge in [-0.15, -0.1) is 0 Å². The molecule has 90 valence electrons. The molecule has 0 aromatic carbocycles. The molecule has 0 spiro atoms. The van der Waals surface area contributed by atoms with Crippen LogP contribution in [0.3, 0.4) is 0 Å². The van der Waals surface area contributed by atoms with Crippen molar-refractivity contribution in [2.24, 2.45) is 0 Å². The Morgan fingerprint density at radius 3 is 2.07 bits per heavy atom. The zero-order chi connectivity index (χ0) is 11.7. The molecule has 15 heavy (non-hydrogen) atoms. The van der Waals surface area contributed by atoms with Crippen molar-refractivity contribution in [1.29, 1.82) is 0 Å². The first-order chi connectivity index (χ1) is 7.10. The van der Waals surface area contributed by atoms with E-state index in [0.717, 1.165) is 19.3 Å². The van der Waals surface area contributed by atoms with Crippen LogP contribution in [-0.2, 0) is 18.4 Å². The first-order valence-electron chi connectivity index (χ1n) is 5.35. The number of hydrogen-bond acceptors (Lipinski definition) is 4. The van der Waals surface area contributed by atoms with Gasteiger partial charge in [0.15, 0.2) is 0 Å². The summed E-state index contributed by atoms with van der Waals surface area (Å²) < 4.78 is 20.8. The van der Waals surface area contributed by atoms with E-state index in [1.54, 1.807) is 0 Å². The van der Waals surface area contributed by atoms with E-state index in [1.807, 2.05) is 0 Å². The lowest BCUT2D eigenvalue weighted by atomic mass is 10.1. The van der Waals surface area contributed by atoms with Gasteiger partial charge in [0, 0.05) is 20.6 Å². The Morgan fingerprint density at radius 2 is 1.60 bits per heavy atom. The average molecular weight is 236 g/mol. The fourth-order valence-corrected chi connectivity index (χ4v) is 2.28. The Balaban J connectivity index is 3.78. The second-order valence-corrected chi connectivity index (χ2v) is 5.64. The van der Waals surface area contributed by atoms with E-state index in [4.69, 9.17) is 0 Å². The van der Waals surface area contributed by atoms with E-state index in [9.17, 15) is 9.36 Å². The quantitative estimate of drug-likeness (QED) is 0.455. The topological polar surface area (TPSA) is 52.6 Å². The van der Waals surface area contributed by atoms with E-state index in [-0.39, 0.29) is 6.42 Å². The summed E-state index contributed by atoms with van der Waals surface area (Å²) in [6.07, 6.45) is 5.50. The van der Waals surface area contributed by atoms with Gasteiger partial charge >= 0.3 is 7.60 Å². The maximum atomic E-state index is 11.6. The lowest BCUT2D eigenvalue weighted by Gasteiger charge is -2.11. The average Bonchev–Trinajstić information content (AvgIpc) is 2.27. The summed E-state index contributed by atoms with van der Waals surface area (Å²) in [5.41, 5.74) is -0.413. The molecular formula is C10H21O4P. The zero-order valence-electron chi connectivity index (χ0n) is 9.82. The lowest BCUT2D eigenvalue weighted by molar-refractivity contribution is -0.113. The Labute approximate surface area is 91.9 Å². The van der Waals surface area contributed by atoms with Crippen molar-refractivity contribution >= 4 is 13.1 Å². The number of rotatable bonds is 9. The number of unbranched alkanes of at least 4 members (excludes halogenated alkanes) is 4. The molecule has 0 radical (unpaired) electrons. The normalized spacial score (nSPS) is 11.7. The van der Waals surface area contributed by atoms with E-state index < -0.39 is 13.1 Å². The standard InChI is InChI=1S/C10H21O4P/c1-4-5-6-7-8-9-10(11)15(12,13-2)14-3/h4-9H2,1-3H3. The summed E-state index contributed by atoms with van der Waals surface area (Å²) in [6, 6.07) is 0. The fourth-order valence-electron chi connectivity index (χ4n) is 1.29. The molecule has 0 N–H and O–H groups in total. The highest BCUT2D eigenvalue weighted by Crippen LogP contribution is 2.48. The molecule has 0 rings (SSSR count). The van der Waals surface area contributed by atoms with Gasteiger partial charge in [-0.1, -0.05) is 32.6 Å². The van der Waals surface area contributed by atoms with Gasteiger partial charge in [0.25, 0.3) is 0 Å². The van der Waals surface area contributed by atoms with Gasteiger partial charge in [0.05, 0.1) is 0 Å². The molecule has 0 aromatic heterocycles. The van der Waals surface area contributed by atoms with Crippen molar-refractivity contribution in [3.05, 3.63) is 0 Å². The monoisotopic (exact) mass is 236 g/mol. The van der Waals surface area contributed by atoms with Crippen LogP contribution in [0.25, 0.3) is 0 Å². The Bertz CT molecular complexity index is 219. The van der Waals surface area contributed by atoms with Gasteiger partial charge in [-0.3, -0.25) is 9.36 Å². The minimum Gasteiger partial charge on any atom is -0.307 e. The van der Waals surface area contributed by atoms with Crippen molar-refractivity contribution in [2.45, 2.75) is 45.4 Å². The van der Waals surface area contributed by atoms with E-state index in [2.05, 4.69) is 16.0 Å².